The molecule has 0 aromatic heterocycles. The van der Waals surface area contributed by atoms with Gasteiger partial charge in [0.15, 0.2) is 0 Å². The molecule has 1 atom stereocenters. The van der Waals surface area contributed by atoms with Crippen molar-refractivity contribution in [3.8, 4) is 5.75 Å². The second kappa shape index (κ2) is 6.16. The van der Waals surface area contributed by atoms with E-state index in [4.69, 9.17) is 4.74 Å². The van der Waals surface area contributed by atoms with Crippen LogP contribution in [-0.2, 0) is 12.8 Å². The Hall–Kier alpha value is -0.670. The summed E-state index contributed by atoms with van der Waals surface area (Å²) in [5.41, 5.74) is 2.39. The fourth-order valence-corrected chi connectivity index (χ4v) is 2.44. The minimum Gasteiger partial charge on any atom is -0.496 e. The minimum absolute atomic E-state index is 0.317. The third-order valence-electron chi connectivity index (χ3n) is 2.58. The molecule has 0 aliphatic rings. The van der Waals surface area contributed by atoms with Gasteiger partial charge in [0.1, 0.15) is 5.75 Å². The smallest absolute Gasteiger partial charge is 0.122 e. The van der Waals surface area contributed by atoms with Crippen LogP contribution in [0.3, 0.4) is 0 Å². The highest BCUT2D eigenvalue weighted by molar-refractivity contribution is 7.98. The molecule has 1 unspecified atom stereocenters. The van der Waals surface area contributed by atoms with Crippen molar-refractivity contribution in [1.82, 2.24) is 0 Å². The van der Waals surface area contributed by atoms with Crippen LogP contribution in [-0.4, -0.2) is 24.6 Å². The first-order valence-electron chi connectivity index (χ1n) is 5.54. The van der Waals surface area contributed by atoms with Crippen molar-refractivity contribution < 1.29 is 9.84 Å². The molecule has 1 aromatic carbocycles. The van der Waals surface area contributed by atoms with Crippen LogP contribution in [0, 0.1) is 0 Å². The van der Waals surface area contributed by atoms with Crippen molar-refractivity contribution >= 4 is 11.8 Å². The number of ether oxygens (including phenoxy) is 1. The molecule has 3 heteroatoms. The number of benzene rings is 1. The van der Waals surface area contributed by atoms with E-state index in [0.717, 1.165) is 17.7 Å². The van der Waals surface area contributed by atoms with Gasteiger partial charge in [-0.15, -0.1) is 11.8 Å². The summed E-state index contributed by atoms with van der Waals surface area (Å²) in [6.45, 7) is 3.93. The number of aryl methyl sites for hydroxylation is 1. The van der Waals surface area contributed by atoms with Crippen molar-refractivity contribution in [2.75, 3.05) is 13.4 Å². The molecule has 0 aliphatic heterocycles. The summed E-state index contributed by atoms with van der Waals surface area (Å²) in [6.07, 6.45) is 3.39. The number of thioether (sulfide) groups is 1. The van der Waals surface area contributed by atoms with Gasteiger partial charge in [0, 0.05) is 4.90 Å². The summed E-state index contributed by atoms with van der Waals surface area (Å²) in [7, 11) is 1.69. The number of hydrogen-bond acceptors (Lipinski definition) is 3. The molecule has 0 fully saturated rings. The van der Waals surface area contributed by atoms with E-state index in [-0.39, 0.29) is 6.10 Å². The van der Waals surface area contributed by atoms with Gasteiger partial charge < -0.3 is 9.84 Å². The van der Waals surface area contributed by atoms with Crippen molar-refractivity contribution in [2.45, 2.75) is 37.7 Å². The monoisotopic (exact) mass is 240 g/mol. The zero-order valence-electron chi connectivity index (χ0n) is 10.4. The van der Waals surface area contributed by atoms with Crippen molar-refractivity contribution in [1.29, 1.82) is 0 Å². The van der Waals surface area contributed by atoms with E-state index in [1.54, 1.807) is 18.9 Å². The maximum atomic E-state index is 9.47. The average molecular weight is 240 g/mol. The molecule has 16 heavy (non-hydrogen) atoms. The first-order chi connectivity index (χ1) is 7.62. The summed E-state index contributed by atoms with van der Waals surface area (Å²) < 4.78 is 5.37. The molecule has 0 saturated heterocycles. The van der Waals surface area contributed by atoms with Crippen LogP contribution in [0.4, 0.5) is 0 Å². The molecule has 2 nitrogen and oxygen atoms in total. The normalized spacial score (nSPS) is 12.6. The molecule has 0 saturated carbocycles. The Morgan fingerprint density at radius 2 is 2.06 bits per heavy atom. The summed E-state index contributed by atoms with van der Waals surface area (Å²) in [6, 6.07) is 4.22. The van der Waals surface area contributed by atoms with Crippen molar-refractivity contribution in [3.63, 3.8) is 0 Å². The Balaban J connectivity index is 3.15. The highest BCUT2D eigenvalue weighted by Crippen LogP contribution is 2.30. The van der Waals surface area contributed by atoms with Crippen molar-refractivity contribution in [3.05, 3.63) is 23.3 Å². The Kier molecular flexibility index (Phi) is 5.16. The largest absolute Gasteiger partial charge is 0.496 e. The molecule has 0 aliphatic carbocycles. The molecule has 0 amide bonds. The van der Waals surface area contributed by atoms with E-state index in [0.29, 0.717) is 6.42 Å². The quantitative estimate of drug-likeness (QED) is 0.802. The molecule has 90 valence electrons. The van der Waals surface area contributed by atoms with Crippen LogP contribution in [0.5, 0.6) is 5.75 Å². The molecule has 0 spiro atoms. The topological polar surface area (TPSA) is 29.5 Å². The maximum absolute atomic E-state index is 9.47. The SMILES string of the molecule is CCc1cc(SC)c(CC(C)O)cc1OC. The second-order valence-corrected chi connectivity index (χ2v) is 4.73. The zero-order chi connectivity index (χ0) is 12.1. The Labute approximate surface area is 102 Å². The van der Waals surface area contributed by atoms with Gasteiger partial charge in [-0.05, 0) is 49.3 Å². The van der Waals surface area contributed by atoms with E-state index in [1.807, 2.05) is 6.92 Å². The summed E-state index contributed by atoms with van der Waals surface area (Å²) in [4.78, 5) is 1.23. The van der Waals surface area contributed by atoms with E-state index >= 15 is 0 Å². The molecule has 1 aromatic rings. The Morgan fingerprint density at radius 1 is 1.38 bits per heavy atom. The molecule has 1 rings (SSSR count). The molecule has 0 heterocycles. The Bertz CT molecular complexity index is 348. The summed E-state index contributed by atoms with van der Waals surface area (Å²) >= 11 is 1.72. The third kappa shape index (κ3) is 3.16. The number of aliphatic hydroxyl groups excluding tert-OH is 1. The van der Waals surface area contributed by atoms with Crippen LogP contribution < -0.4 is 4.74 Å². The lowest BCUT2D eigenvalue weighted by molar-refractivity contribution is 0.194. The maximum Gasteiger partial charge on any atom is 0.122 e. The summed E-state index contributed by atoms with van der Waals surface area (Å²) in [5.74, 6) is 0.927. The molecule has 0 bridgehead atoms. The number of aliphatic hydroxyl groups is 1. The Morgan fingerprint density at radius 3 is 2.50 bits per heavy atom. The lowest BCUT2D eigenvalue weighted by Gasteiger charge is -2.14. The molecular weight excluding hydrogens is 220 g/mol. The van der Waals surface area contributed by atoms with Crippen LogP contribution in [0.25, 0.3) is 0 Å². The first-order valence-corrected chi connectivity index (χ1v) is 6.76. The lowest BCUT2D eigenvalue weighted by Crippen LogP contribution is -2.06. The molecule has 0 radical (unpaired) electrons. The standard InChI is InChI=1S/C13H20O2S/c1-5-10-8-13(16-4)11(6-9(2)14)7-12(10)15-3/h7-9,14H,5-6H2,1-4H3. The van der Waals surface area contributed by atoms with Gasteiger partial charge in [-0.3, -0.25) is 0 Å². The van der Waals surface area contributed by atoms with Crippen LogP contribution in [0.2, 0.25) is 0 Å². The van der Waals surface area contributed by atoms with E-state index in [2.05, 4.69) is 25.3 Å². The van der Waals surface area contributed by atoms with Crippen molar-refractivity contribution in [2.24, 2.45) is 0 Å². The third-order valence-corrected chi connectivity index (χ3v) is 3.40. The second-order valence-electron chi connectivity index (χ2n) is 3.88. The molecule has 1 N–H and O–H groups in total. The van der Waals surface area contributed by atoms with E-state index in [1.165, 1.54) is 10.5 Å². The van der Waals surface area contributed by atoms with Gasteiger partial charge in [0.05, 0.1) is 13.2 Å². The van der Waals surface area contributed by atoms with E-state index < -0.39 is 0 Å². The van der Waals surface area contributed by atoms with Gasteiger partial charge in [0.25, 0.3) is 0 Å². The van der Waals surface area contributed by atoms with Crippen LogP contribution in [0.15, 0.2) is 17.0 Å². The molecular formula is C13H20O2S. The van der Waals surface area contributed by atoms with Gasteiger partial charge in [-0.2, -0.15) is 0 Å². The lowest BCUT2D eigenvalue weighted by atomic mass is 10.0. The van der Waals surface area contributed by atoms with Gasteiger partial charge in [0.2, 0.25) is 0 Å². The fourth-order valence-electron chi connectivity index (χ4n) is 1.78. The highest BCUT2D eigenvalue weighted by atomic mass is 32.2. The predicted molar refractivity (Wildman–Crippen MR) is 69.5 cm³/mol. The number of hydrogen-bond donors (Lipinski definition) is 1. The summed E-state index contributed by atoms with van der Waals surface area (Å²) in [5, 5.41) is 9.47. The predicted octanol–water partition coefficient (Wildman–Crippen LogP) is 2.90. The zero-order valence-corrected chi connectivity index (χ0v) is 11.2. The van der Waals surface area contributed by atoms with E-state index in [9.17, 15) is 5.11 Å². The van der Waals surface area contributed by atoms with Gasteiger partial charge >= 0.3 is 0 Å². The average Bonchev–Trinajstić information content (AvgIpc) is 2.27. The minimum atomic E-state index is -0.317. The van der Waals surface area contributed by atoms with Crippen LogP contribution >= 0.6 is 11.8 Å². The fraction of sp³-hybridized carbons (Fsp3) is 0.538. The van der Waals surface area contributed by atoms with Gasteiger partial charge in [-0.1, -0.05) is 6.92 Å². The number of rotatable bonds is 5. The number of methoxy groups -OCH3 is 1. The van der Waals surface area contributed by atoms with Gasteiger partial charge in [-0.25, -0.2) is 0 Å². The van der Waals surface area contributed by atoms with Crippen LogP contribution in [0.1, 0.15) is 25.0 Å². The first kappa shape index (κ1) is 13.4. The highest BCUT2D eigenvalue weighted by Gasteiger charge is 2.10.